The number of sulfonamides is 1. The molecule has 1 aliphatic carbocycles. The molecule has 0 bridgehead atoms. The van der Waals surface area contributed by atoms with Gasteiger partial charge in [-0.25, -0.2) is 8.42 Å². The Morgan fingerprint density at radius 2 is 1.67 bits per heavy atom. The number of hydrogen-bond acceptors (Lipinski definition) is 5. The molecule has 2 unspecified atom stereocenters. The fourth-order valence-electron chi connectivity index (χ4n) is 4.65. The van der Waals surface area contributed by atoms with Crippen LogP contribution >= 0.6 is 0 Å². The molecule has 1 amide bonds. The molecule has 2 fully saturated rings. The molecular weight excluding hydrogens is 495 g/mol. The lowest BCUT2D eigenvalue weighted by molar-refractivity contribution is -0.258. The lowest BCUT2D eigenvalue weighted by atomic mass is 9.93. The third-order valence-electron chi connectivity index (χ3n) is 7.15. The van der Waals surface area contributed by atoms with E-state index in [1.807, 2.05) is 0 Å². The zero-order valence-corrected chi connectivity index (χ0v) is 20.6. The molecule has 0 spiro atoms. The molecule has 36 heavy (non-hydrogen) atoms. The van der Waals surface area contributed by atoms with Crippen molar-refractivity contribution < 1.29 is 31.5 Å². The highest BCUT2D eigenvalue weighted by Crippen LogP contribution is 2.50. The van der Waals surface area contributed by atoms with Crippen molar-refractivity contribution in [1.82, 2.24) is 9.21 Å². The maximum atomic E-state index is 13.4. The minimum Gasteiger partial charge on any atom is -0.376 e. The van der Waals surface area contributed by atoms with E-state index in [2.05, 4.69) is 6.07 Å². The fourth-order valence-corrected chi connectivity index (χ4v) is 6.26. The molecule has 2 aromatic rings. The van der Waals surface area contributed by atoms with E-state index in [4.69, 9.17) is 5.26 Å². The summed E-state index contributed by atoms with van der Waals surface area (Å²) < 4.78 is 67.0. The first-order valence-corrected chi connectivity index (χ1v) is 12.9. The number of nitriles is 1. The summed E-state index contributed by atoms with van der Waals surface area (Å²) in [7, 11) is -4.04. The highest BCUT2D eigenvalue weighted by Gasteiger charge is 2.54. The van der Waals surface area contributed by atoms with Gasteiger partial charge in [0, 0.05) is 25.7 Å². The summed E-state index contributed by atoms with van der Waals surface area (Å²) in [5.74, 6) is -0.0742. The van der Waals surface area contributed by atoms with Gasteiger partial charge < -0.3 is 10.0 Å². The second kappa shape index (κ2) is 8.87. The Balaban J connectivity index is 1.48. The van der Waals surface area contributed by atoms with Gasteiger partial charge in [0.15, 0.2) is 5.60 Å². The molecule has 0 aromatic heterocycles. The van der Waals surface area contributed by atoms with E-state index in [-0.39, 0.29) is 30.4 Å². The average Bonchev–Trinajstić information content (AvgIpc) is 3.65. The minimum absolute atomic E-state index is 0.0424. The number of carbonyl (C=O) groups excluding carboxylic acids is 1. The van der Waals surface area contributed by atoms with Crippen molar-refractivity contribution in [2.75, 3.05) is 19.6 Å². The molecule has 2 atom stereocenters. The topological polar surface area (TPSA) is 102 Å². The molecule has 192 valence electrons. The van der Waals surface area contributed by atoms with Crippen molar-refractivity contribution in [2.45, 2.75) is 54.8 Å². The van der Waals surface area contributed by atoms with E-state index in [9.17, 15) is 31.5 Å². The number of benzene rings is 2. The van der Waals surface area contributed by atoms with Crippen molar-refractivity contribution in [3.8, 4) is 6.07 Å². The Labute approximate surface area is 207 Å². The number of carbonyl (C=O) groups is 1. The van der Waals surface area contributed by atoms with E-state index in [1.165, 1.54) is 4.31 Å². The zero-order valence-electron chi connectivity index (χ0n) is 19.8. The molecule has 2 aliphatic rings. The van der Waals surface area contributed by atoms with Crippen LogP contribution in [0.5, 0.6) is 0 Å². The van der Waals surface area contributed by atoms with Crippen LogP contribution in [0, 0.1) is 11.3 Å². The maximum Gasteiger partial charge on any atom is 0.421 e. The zero-order chi connectivity index (χ0) is 26.5. The molecule has 11 heteroatoms. The van der Waals surface area contributed by atoms with Crippen LogP contribution in [0.4, 0.5) is 13.2 Å². The van der Waals surface area contributed by atoms with E-state index >= 15 is 0 Å². The van der Waals surface area contributed by atoms with Gasteiger partial charge in [0.25, 0.3) is 0 Å². The number of nitrogens with zero attached hydrogens (tertiary/aromatic N) is 3. The average molecular weight is 522 g/mol. The number of rotatable bonds is 5. The standard InChI is InChI=1S/C25H26F3N3O4S/c1-17-16-30(22(32)24(11-12-24)20-5-3-18(15-29)4-6-20)13-14-31(17)36(34,35)21-9-7-19(8-10-21)23(2,33)25(26,27)28/h3-10,17,33H,11-14,16H2,1-2H3. The molecule has 1 N–H and O–H groups in total. The summed E-state index contributed by atoms with van der Waals surface area (Å²) >= 11 is 0. The Bertz CT molecular complexity index is 1300. The highest BCUT2D eigenvalue weighted by molar-refractivity contribution is 7.89. The van der Waals surface area contributed by atoms with E-state index in [1.54, 1.807) is 36.1 Å². The van der Waals surface area contributed by atoms with Gasteiger partial charge in [-0.1, -0.05) is 24.3 Å². The summed E-state index contributed by atoms with van der Waals surface area (Å²) in [5.41, 5.74) is -2.88. The van der Waals surface area contributed by atoms with Gasteiger partial charge in [-0.2, -0.15) is 22.7 Å². The van der Waals surface area contributed by atoms with Crippen LogP contribution in [0.3, 0.4) is 0 Å². The first-order valence-electron chi connectivity index (χ1n) is 11.5. The molecule has 1 saturated carbocycles. The second-order valence-corrected chi connectivity index (χ2v) is 11.5. The smallest absolute Gasteiger partial charge is 0.376 e. The van der Waals surface area contributed by atoms with Crippen LogP contribution in [0.1, 0.15) is 43.4 Å². The molecular formula is C25H26F3N3O4S. The Morgan fingerprint density at radius 3 is 2.14 bits per heavy atom. The molecule has 1 aliphatic heterocycles. The van der Waals surface area contributed by atoms with Crippen LogP contribution in [0.15, 0.2) is 53.4 Å². The molecule has 1 saturated heterocycles. The Kier molecular flexibility index (Phi) is 6.44. The summed E-state index contributed by atoms with van der Waals surface area (Å²) in [6, 6.07) is 12.4. The number of aliphatic hydroxyl groups is 1. The lowest BCUT2D eigenvalue weighted by Gasteiger charge is -2.40. The van der Waals surface area contributed by atoms with Crippen LogP contribution in [0.2, 0.25) is 0 Å². The predicted octanol–water partition coefficient (Wildman–Crippen LogP) is 3.28. The predicted molar refractivity (Wildman–Crippen MR) is 124 cm³/mol. The van der Waals surface area contributed by atoms with Crippen molar-refractivity contribution in [1.29, 1.82) is 5.26 Å². The van der Waals surface area contributed by atoms with Crippen LogP contribution in [-0.4, -0.2) is 60.5 Å². The van der Waals surface area contributed by atoms with Crippen molar-refractivity contribution in [2.24, 2.45) is 0 Å². The summed E-state index contributed by atoms with van der Waals surface area (Å²) in [6.07, 6.45) is -3.56. The minimum atomic E-state index is -4.92. The van der Waals surface area contributed by atoms with E-state index < -0.39 is 38.8 Å². The lowest BCUT2D eigenvalue weighted by Crippen LogP contribution is -2.57. The number of hydrogen-bond donors (Lipinski definition) is 1. The molecule has 4 rings (SSSR count). The fraction of sp³-hybridized carbons (Fsp3) is 0.440. The van der Waals surface area contributed by atoms with Gasteiger partial charge in [-0.3, -0.25) is 4.79 Å². The summed E-state index contributed by atoms with van der Waals surface area (Å²) in [5, 5.41) is 18.8. The van der Waals surface area contributed by atoms with Crippen molar-refractivity contribution >= 4 is 15.9 Å². The monoisotopic (exact) mass is 521 g/mol. The quantitative estimate of drug-likeness (QED) is 0.651. The highest BCUT2D eigenvalue weighted by atomic mass is 32.2. The normalized spacial score (nSPS) is 21.9. The molecule has 7 nitrogen and oxygen atoms in total. The third-order valence-corrected chi connectivity index (χ3v) is 9.18. The Morgan fingerprint density at radius 1 is 1.08 bits per heavy atom. The van der Waals surface area contributed by atoms with Crippen LogP contribution in [-0.2, 0) is 25.8 Å². The van der Waals surface area contributed by atoms with Gasteiger partial charge in [0.2, 0.25) is 15.9 Å². The largest absolute Gasteiger partial charge is 0.421 e. The van der Waals surface area contributed by atoms with Crippen LogP contribution < -0.4 is 0 Å². The molecule has 2 aromatic carbocycles. The van der Waals surface area contributed by atoms with Crippen molar-refractivity contribution in [3.05, 3.63) is 65.2 Å². The molecule has 0 radical (unpaired) electrons. The van der Waals surface area contributed by atoms with E-state index in [0.29, 0.717) is 25.3 Å². The van der Waals surface area contributed by atoms with Gasteiger partial charge in [0.05, 0.1) is 21.9 Å². The van der Waals surface area contributed by atoms with E-state index in [0.717, 1.165) is 29.8 Å². The third kappa shape index (κ3) is 4.38. The number of piperazine rings is 1. The number of alkyl halides is 3. The summed E-state index contributed by atoms with van der Waals surface area (Å²) in [6.45, 7) is 2.69. The van der Waals surface area contributed by atoms with Gasteiger partial charge in [-0.15, -0.1) is 0 Å². The van der Waals surface area contributed by atoms with Gasteiger partial charge in [0.1, 0.15) is 0 Å². The summed E-state index contributed by atoms with van der Waals surface area (Å²) in [4.78, 5) is 14.9. The first-order chi connectivity index (χ1) is 16.7. The molecule has 1 heterocycles. The number of amides is 1. The first kappa shape index (κ1) is 26.1. The van der Waals surface area contributed by atoms with Crippen LogP contribution in [0.25, 0.3) is 0 Å². The second-order valence-electron chi connectivity index (χ2n) is 9.58. The maximum absolute atomic E-state index is 13.4. The Hall–Kier alpha value is -2.94. The SMILES string of the molecule is CC1CN(C(=O)C2(c3ccc(C#N)cc3)CC2)CCN1S(=O)(=O)c1ccc(C(C)(O)C(F)(F)F)cc1. The number of halogens is 3. The van der Waals surface area contributed by atoms with Gasteiger partial charge >= 0.3 is 6.18 Å². The van der Waals surface area contributed by atoms with Crippen molar-refractivity contribution in [3.63, 3.8) is 0 Å². The van der Waals surface area contributed by atoms with Gasteiger partial charge in [-0.05, 0) is 62.1 Å².